The van der Waals surface area contributed by atoms with Crippen molar-refractivity contribution in [2.75, 3.05) is 6.54 Å². The van der Waals surface area contributed by atoms with Gasteiger partial charge in [-0.05, 0) is 37.1 Å². The van der Waals surface area contributed by atoms with Crippen LogP contribution < -0.4 is 5.32 Å². The van der Waals surface area contributed by atoms with Crippen LogP contribution >= 0.6 is 15.9 Å². The molecular formula is C12H13BrF3N. The Morgan fingerprint density at radius 3 is 2.59 bits per heavy atom. The minimum Gasteiger partial charge on any atom is -0.310 e. The van der Waals surface area contributed by atoms with E-state index < -0.39 is 11.7 Å². The molecule has 2 rings (SSSR count). The highest BCUT2D eigenvalue weighted by atomic mass is 79.9. The molecule has 1 atom stereocenters. The van der Waals surface area contributed by atoms with Crippen molar-refractivity contribution in [3.8, 4) is 0 Å². The van der Waals surface area contributed by atoms with Gasteiger partial charge in [-0.3, -0.25) is 0 Å². The molecule has 1 aliphatic rings. The van der Waals surface area contributed by atoms with Gasteiger partial charge in [0.15, 0.2) is 0 Å². The maximum atomic E-state index is 12.9. The minimum atomic E-state index is -4.29. The third kappa shape index (κ3) is 2.83. The highest BCUT2D eigenvalue weighted by Crippen LogP contribution is 2.40. The smallest absolute Gasteiger partial charge is 0.310 e. The van der Waals surface area contributed by atoms with Crippen molar-refractivity contribution in [3.05, 3.63) is 33.8 Å². The molecule has 0 amide bonds. The molecule has 0 spiro atoms. The van der Waals surface area contributed by atoms with E-state index in [1.165, 1.54) is 6.07 Å². The fourth-order valence-electron chi connectivity index (χ4n) is 2.24. The summed E-state index contributed by atoms with van der Waals surface area (Å²) in [4.78, 5) is 0. The molecular weight excluding hydrogens is 295 g/mol. The number of piperidine rings is 1. The van der Waals surface area contributed by atoms with Crippen molar-refractivity contribution in [1.82, 2.24) is 5.32 Å². The molecule has 0 radical (unpaired) electrons. The van der Waals surface area contributed by atoms with E-state index in [9.17, 15) is 13.2 Å². The average molecular weight is 308 g/mol. The first-order valence-corrected chi connectivity index (χ1v) is 6.38. The van der Waals surface area contributed by atoms with Gasteiger partial charge in [0.25, 0.3) is 0 Å². The highest BCUT2D eigenvalue weighted by molar-refractivity contribution is 9.10. The summed E-state index contributed by atoms with van der Waals surface area (Å²) in [6, 6.07) is 4.05. The van der Waals surface area contributed by atoms with Crippen LogP contribution in [0.5, 0.6) is 0 Å². The zero-order valence-corrected chi connectivity index (χ0v) is 10.7. The molecule has 1 fully saturated rings. The van der Waals surface area contributed by atoms with Crippen LogP contribution in [0.4, 0.5) is 13.2 Å². The molecule has 94 valence electrons. The van der Waals surface area contributed by atoms with Crippen molar-refractivity contribution in [2.24, 2.45) is 0 Å². The Hall–Kier alpha value is -0.550. The van der Waals surface area contributed by atoms with Gasteiger partial charge >= 0.3 is 6.18 Å². The van der Waals surface area contributed by atoms with Gasteiger partial charge in [-0.1, -0.05) is 28.4 Å². The fraction of sp³-hybridized carbons (Fsp3) is 0.500. The molecule has 0 aliphatic carbocycles. The van der Waals surface area contributed by atoms with E-state index in [4.69, 9.17) is 0 Å². The van der Waals surface area contributed by atoms with Crippen LogP contribution in [-0.2, 0) is 6.18 Å². The van der Waals surface area contributed by atoms with Gasteiger partial charge in [0.05, 0.1) is 5.56 Å². The van der Waals surface area contributed by atoms with E-state index in [-0.39, 0.29) is 6.04 Å². The second-order valence-corrected chi connectivity index (χ2v) is 5.06. The number of hydrogen-bond acceptors (Lipinski definition) is 1. The standard InChI is InChI=1S/C12H13BrF3N/c13-9-5-3-4-8(12(14,15)16)11(9)10-6-1-2-7-17-10/h3-5,10,17H,1-2,6-7H2. The number of nitrogens with one attached hydrogen (secondary N) is 1. The quantitative estimate of drug-likeness (QED) is 0.816. The first-order chi connectivity index (χ1) is 8.00. The van der Waals surface area contributed by atoms with Crippen LogP contribution in [0.15, 0.2) is 22.7 Å². The summed E-state index contributed by atoms with van der Waals surface area (Å²) >= 11 is 3.24. The zero-order valence-electron chi connectivity index (χ0n) is 9.15. The van der Waals surface area contributed by atoms with Gasteiger partial charge in [0.2, 0.25) is 0 Å². The molecule has 1 N–H and O–H groups in total. The molecule has 17 heavy (non-hydrogen) atoms. The largest absolute Gasteiger partial charge is 0.416 e. The van der Waals surface area contributed by atoms with Crippen molar-refractivity contribution in [2.45, 2.75) is 31.5 Å². The fourth-order valence-corrected chi connectivity index (χ4v) is 2.88. The van der Waals surface area contributed by atoms with E-state index in [1.54, 1.807) is 6.07 Å². The Labute approximate surface area is 107 Å². The number of alkyl halides is 3. The summed E-state index contributed by atoms with van der Waals surface area (Å²) in [7, 11) is 0. The molecule has 1 heterocycles. The molecule has 0 saturated carbocycles. The van der Waals surface area contributed by atoms with Gasteiger partial charge in [0.1, 0.15) is 0 Å². The molecule has 0 aromatic heterocycles. The Morgan fingerprint density at radius 1 is 1.24 bits per heavy atom. The average Bonchev–Trinajstić information content (AvgIpc) is 2.28. The Balaban J connectivity index is 2.43. The van der Waals surface area contributed by atoms with Gasteiger partial charge in [-0.15, -0.1) is 0 Å². The molecule has 5 heteroatoms. The molecule has 1 saturated heterocycles. The monoisotopic (exact) mass is 307 g/mol. The predicted octanol–water partition coefficient (Wildman–Crippen LogP) is 4.28. The third-order valence-electron chi connectivity index (χ3n) is 3.02. The summed E-state index contributed by atoms with van der Waals surface area (Å²) in [5.74, 6) is 0. The van der Waals surface area contributed by atoms with E-state index >= 15 is 0 Å². The van der Waals surface area contributed by atoms with E-state index in [1.807, 2.05) is 0 Å². The van der Waals surface area contributed by atoms with Crippen LogP contribution in [0.25, 0.3) is 0 Å². The Morgan fingerprint density at radius 2 is 2.00 bits per heavy atom. The summed E-state index contributed by atoms with van der Waals surface area (Å²) < 4.78 is 39.3. The second kappa shape index (κ2) is 4.98. The van der Waals surface area contributed by atoms with E-state index in [2.05, 4.69) is 21.2 Å². The number of rotatable bonds is 1. The van der Waals surface area contributed by atoms with Crippen LogP contribution in [-0.4, -0.2) is 6.54 Å². The van der Waals surface area contributed by atoms with Gasteiger partial charge in [-0.25, -0.2) is 0 Å². The predicted molar refractivity (Wildman–Crippen MR) is 63.7 cm³/mol. The van der Waals surface area contributed by atoms with E-state index in [0.29, 0.717) is 10.0 Å². The number of hydrogen-bond donors (Lipinski definition) is 1. The maximum Gasteiger partial charge on any atom is 0.416 e. The summed E-state index contributed by atoms with van der Waals surface area (Å²) in [6.45, 7) is 0.781. The van der Waals surface area contributed by atoms with Crippen LogP contribution in [0, 0.1) is 0 Å². The van der Waals surface area contributed by atoms with Gasteiger partial charge < -0.3 is 5.32 Å². The summed E-state index contributed by atoms with van der Waals surface area (Å²) in [6.07, 6.45) is -1.54. The van der Waals surface area contributed by atoms with Crippen LogP contribution in [0.1, 0.15) is 36.4 Å². The molecule has 1 aliphatic heterocycles. The SMILES string of the molecule is FC(F)(F)c1cccc(Br)c1C1CCCCN1. The normalized spacial score (nSPS) is 21.5. The number of benzene rings is 1. The second-order valence-electron chi connectivity index (χ2n) is 4.20. The lowest BCUT2D eigenvalue weighted by Gasteiger charge is -2.27. The van der Waals surface area contributed by atoms with Crippen molar-refractivity contribution in [3.63, 3.8) is 0 Å². The first-order valence-electron chi connectivity index (χ1n) is 5.59. The van der Waals surface area contributed by atoms with Crippen LogP contribution in [0.3, 0.4) is 0 Å². The maximum absolute atomic E-state index is 12.9. The Bertz CT molecular complexity index is 397. The van der Waals surface area contributed by atoms with Crippen molar-refractivity contribution in [1.29, 1.82) is 0 Å². The number of halogens is 4. The molecule has 1 aromatic carbocycles. The molecule has 1 aromatic rings. The van der Waals surface area contributed by atoms with Gasteiger partial charge in [-0.2, -0.15) is 13.2 Å². The summed E-state index contributed by atoms with van der Waals surface area (Å²) in [5.41, 5.74) is -0.189. The lowest BCUT2D eigenvalue weighted by Crippen LogP contribution is -2.29. The third-order valence-corrected chi connectivity index (χ3v) is 3.71. The Kier molecular flexibility index (Phi) is 3.78. The topological polar surface area (TPSA) is 12.0 Å². The highest BCUT2D eigenvalue weighted by Gasteiger charge is 2.36. The van der Waals surface area contributed by atoms with Gasteiger partial charge in [0, 0.05) is 10.5 Å². The summed E-state index contributed by atoms with van der Waals surface area (Å²) in [5, 5.41) is 3.16. The van der Waals surface area contributed by atoms with Crippen molar-refractivity contribution >= 4 is 15.9 Å². The lowest BCUT2D eigenvalue weighted by molar-refractivity contribution is -0.138. The van der Waals surface area contributed by atoms with Crippen molar-refractivity contribution < 1.29 is 13.2 Å². The zero-order chi connectivity index (χ0) is 12.5. The van der Waals surface area contributed by atoms with E-state index in [0.717, 1.165) is 31.9 Å². The minimum absolute atomic E-state index is 0.198. The molecule has 1 unspecified atom stereocenters. The molecule has 0 bridgehead atoms. The lowest BCUT2D eigenvalue weighted by atomic mass is 9.93. The molecule has 1 nitrogen and oxygen atoms in total. The van der Waals surface area contributed by atoms with Crippen LogP contribution in [0.2, 0.25) is 0 Å². The first kappa shape index (κ1) is 12.9.